The average molecular weight is 404 g/mol. The molecule has 2 N–H and O–H groups in total. The van der Waals surface area contributed by atoms with Crippen molar-refractivity contribution in [3.63, 3.8) is 0 Å². The number of amides is 3. The van der Waals surface area contributed by atoms with E-state index in [2.05, 4.69) is 24.5 Å². The van der Waals surface area contributed by atoms with E-state index in [1.807, 2.05) is 26.8 Å². The summed E-state index contributed by atoms with van der Waals surface area (Å²) in [7, 11) is 0. The second kappa shape index (κ2) is 6.04. The lowest BCUT2D eigenvalue weighted by molar-refractivity contribution is -0.147. The number of rotatable bonds is 2. The van der Waals surface area contributed by atoms with Gasteiger partial charge >= 0.3 is 0 Å². The molecule has 0 bridgehead atoms. The molecule has 3 aliphatic rings. The van der Waals surface area contributed by atoms with Crippen molar-refractivity contribution in [1.29, 1.82) is 0 Å². The Hall–Kier alpha value is -1.92. The molecule has 2 saturated heterocycles. The number of hydrogen-bond acceptors (Lipinski definition) is 4. The molecule has 2 fully saturated rings. The molecule has 1 aromatic carbocycles. The third-order valence-electron chi connectivity index (χ3n) is 6.10. The van der Waals surface area contributed by atoms with Gasteiger partial charge in [-0.2, -0.15) is 0 Å². The highest BCUT2D eigenvalue weighted by molar-refractivity contribution is 6.35. The first kappa shape index (κ1) is 19.4. The topological polar surface area (TPSA) is 78.5 Å². The summed E-state index contributed by atoms with van der Waals surface area (Å²) >= 11 is 6.32. The summed E-state index contributed by atoms with van der Waals surface area (Å²) in [6, 6.07) is 5.04. The van der Waals surface area contributed by atoms with E-state index in [0.29, 0.717) is 28.6 Å². The van der Waals surface area contributed by atoms with Crippen molar-refractivity contribution in [1.82, 2.24) is 10.2 Å². The summed E-state index contributed by atoms with van der Waals surface area (Å²) in [5.74, 6) is -1.82. The van der Waals surface area contributed by atoms with Gasteiger partial charge in [0.1, 0.15) is 5.54 Å². The molecular formula is C21H26ClN3O3. The Kier molecular flexibility index (Phi) is 4.18. The van der Waals surface area contributed by atoms with Crippen LogP contribution in [0.5, 0.6) is 0 Å². The van der Waals surface area contributed by atoms with E-state index in [-0.39, 0.29) is 23.8 Å². The van der Waals surface area contributed by atoms with Crippen LogP contribution < -0.4 is 10.6 Å². The molecule has 6 nitrogen and oxygen atoms in total. The zero-order valence-corrected chi connectivity index (χ0v) is 17.6. The largest absolute Gasteiger partial charge is 0.323 e. The van der Waals surface area contributed by atoms with Crippen LogP contribution >= 0.6 is 11.6 Å². The fraction of sp³-hybridized carbons (Fsp3) is 0.571. The molecule has 7 heteroatoms. The molecule has 3 heterocycles. The lowest BCUT2D eigenvalue weighted by Gasteiger charge is -2.34. The Bertz CT molecular complexity index is 891. The summed E-state index contributed by atoms with van der Waals surface area (Å²) in [4.78, 5) is 41.5. The maximum absolute atomic E-state index is 13.5. The minimum atomic E-state index is -1.27. The smallest absolute Gasteiger partial charge is 0.250 e. The fourth-order valence-corrected chi connectivity index (χ4v) is 5.39. The summed E-state index contributed by atoms with van der Waals surface area (Å²) in [5.41, 5.74) is -0.728. The van der Waals surface area contributed by atoms with E-state index >= 15 is 0 Å². The number of carbonyl (C=O) groups is 3. The summed E-state index contributed by atoms with van der Waals surface area (Å²) < 4.78 is 0. The number of fused-ring (bicyclic) bond motifs is 4. The quantitative estimate of drug-likeness (QED) is 0.744. The first-order valence-electron chi connectivity index (χ1n) is 9.76. The first-order chi connectivity index (χ1) is 13.0. The van der Waals surface area contributed by atoms with Crippen LogP contribution in [-0.2, 0) is 19.9 Å². The number of para-hydroxylation sites is 1. The van der Waals surface area contributed by atoms with Crippen molar-refractivity contribution in [2.75, 3.05) is 5.32 Å². The standard InChI is InChI=1S/C21H26ClN3O3/c1-10(2)9-13-14-15(18(27)25(17(14)26)20(3,4)5)21(24-13)11-7-6-8-12(22)16(11)23-19(21)28/h6-8,10,13-15,24H,9H2,1-5H3,(H,23,28)/t13-,14+,15-,21+/m0/s1. The van der Waals surface area contributed by atoms with Crippen molar-refractivity contribution in [3.8, 4) is 0 Å². The van der Waals surface area contributed by atoms with Gasteiger partial charge in [-0.1, -0.05) is 37.6 Å². The third kappa shape index (κ3) is 2.40. The molecule has 0 unspecified atom stereocenters. The van der Waals surface area contributed by atoms with E-state index in [1.165, 1.54) is 4.90 Å². The van der Waals surface area contributed by atoms with Gasteiger partial charge in [-0.25, -0.2) is 0 Å². The SMILES string of the molecule is CC(C)C[C@@H]1N[C@@]2(C(=O)Nc3c(Cl)cccc32)[C@@H]2C(=O)N(C(C)(C)C)C(=O)[C@H]12. The highest BCUT2D eigenvalue weighted by Crippen LogP contribution is 2.55. The lowest BCUT2D eigenvalue weighted by atomic mass is 9.76. The van der Waals surface area contributed by atoms with Gasteiger partial charge in [-0.05, 0) is 39.2 Å². The first-order valence-corrected chi connectivity index (χ1v) is 10.1. The number of anilines is 1. The van der Waals surface area contributed by atoms with Crippen molar-refractivity contribution in [2.24, 2.45) is 17.8 Å². The van der Waals surface area contributed by atoms with E-state index < -0.39 is 22.9 Å². The Balaban J connectivity index is 1.91. The van der Waals surface area contributed by atoms with E-state index in [0.717, 1.165) is 0 Å². The van der Waals surface area contributed by atoms with Gasteiger partial charge in [-0.15, -0.1) is 0 Å². The molecule has 1 aromatic rings. The average Bonchev–Trinajstić information content (AvgIpc) is 3.13. The summed E-state index contributed by atoms with van der Waals surface area (Å²) in [6.07, 6.45) is 0.698. The van der Waals surface area contributed by atoms with Gasteiger partial charge in [0, 0.05) is 17.1 Å². The molecule has 3 aliphatic heterocycles. The van der Waals surface area contributed by atoms with Crippen LogP contribution in [0.4, 0.5) is 5.69 Å². The minimum Gasteiger partial charge on any atom is -0.323 e. The predicted octanol–water partition coefficient (Wildman–Crippen LogP) is 2.91. The maximum Gasteiger partial charge on any atom is 0.250 e. The van der Waals surface area contributed by atoms with E-state index in [4.69, 9.17) is 11.6 Å². The summed E-state index contributed by atoms with van der Waals surface area (Å²) in [5, 5.41) is 6.71. The molecule has 150 valence electrons. The molecule has 4 rings (SSSR count). The number of carbonyl (C=O) groups excluding carboxylic acids is 3. The van der Waals surface area contributed by atoms with Crippen molar-refractivity contribution < 1.29 is 14.4 Å². The van der Waals surface area contributed by atoms with Gasteiger partial charge in [0.2, 0.25) is 17.7 Å². The Morgan fingerprint density at radius 2 is 1.86 bits per heavy atom. The van der Waals surface area contributed by atoms with Gasteiger partial charge < -0.3 is 5.32 Å². The number of nitrogens with zero attached hydrogens (tertiary/aromatic N) is 1. The van der Waals surface area contributed by atoms with Crippen LogP contribution in [0.1, 0.15) is 46.6 Å². The molecule has 3 amide bonds. The summed E-state index contributed by atoms with van der Waals surface area (Å²) in [6.45, 7) is 9.69. The van der Waals surface area contributed by atoms with Gasteiger partial charge in [0.25, 0.3) is 0 Å². The van der Waals surface area contributed by atoms with Gasteiger partial charge in [0.15, 0.2) is 0 Å². The molecule has 28 heavy (non-hydrogen) atoms. The monoisotopic (exact) mass is 403 g/mol. The van der Waals surface area contributed by atoms with Gasteiger partial charge in [-0.3, -0.25) is 24.6 Å². The Labute approximate surface area is 170 Å². The third-order valence-corrected chi connectivity index (χ3v) is 6.41. The van der Waals surface area contributed by atoms with Crippen LogP contribution in [0, 0.1) is 17.8 Å². The fourth-order valence-electron chi connectivity index (χ4n) is 5.16. The van der Waals surface area contributed by atoms with Gasteiger partial charge in [0.05, 0.1) is 22.5 Å². The number of likely N-dealkylation sites (tertiary alicyclic amines) is 1. The van der Waals surface area contributed by atoms with E-state index in [9.17, 15) is 14.4 Å². The number of hydrogen-bond donors (Lipinski definition) is 2. The van der Waals surface area contributed by atoms with Crippen LogP contribution in [0.2, 0.25) is 5.02 Å². The predicted molar refractivity (Wildman–Crippen MR) is 107 cm³/mol. The number of nitrogens with one attached hydrogen (secondary N) is 2. The van der Waals surface area contributed by atoms with Crippen molar-refractivity contribution in [3.05, 3.63) is 28.8 Å². The van der Waals surface area contributed by atoms with Crippen LogP contribution in [0.15, 0.2) is 18.2 Å². The zero-order chi connectivity index (χ0) is 20.6. The van der Waals surface area contributed by atoms with Crippen LogP contribution in [0.25, 0.3) is 0 Å². The van der Waals surface area contributed by atoms with E-state index in [1.54, 1.807) is 12.1 Å². The molecular weight excluding hydrogens is 378 g/mol. The molecule has 0 radical (unpaired) electrons. The second-order valence-electron chi connectivity index (χ2n) is 9.49. The Morgan fingerprint density at radius 1 is 1.18 bits per heavy atom. The maximum atomic E-state index is 13.5. The highest BCUT2D eigenvalue weighted by atomic mass is 35.5. The van der Waals surface area contributed by atoms with Crippen LogP contribution in [0.3, 0.4) is 0 Å². The normalized spacial score (nSPS) is 31.8. The van der Waals surface area contributed by atoms with Crippen molar-refractivity contribution >= 4 is 35.0 Å². The number of benzene rings is 1. The number of halogens is 1. The highest BCUT2D eigenvalue weighted by Gasteiger charge is 2.71. The van der Waals surface area contributed by atoms with Crippen molar-refractivity contribution in [2.45, 2.75) is 58.2 Å². The molecule has 4 atom stereocenters. The number of imide groups is 1. The second-order valence-corrected chi connectivity index (χ2v) is 9.90. The zero-order valence-electron chi connectivity index (χ0n) is 16.8. The lowest BCUT2D eigenvalue weighted by Crippen LogP contribution is -2.55. The van der Waals surface area contributed by atoms with Crippen LogP contribution in [-0.4, -0.2) is 34.2 Å². The molecule has 0 saturated carbocycles. The minimum absolute atomic E-state index is 0.194. The molecule has 1 spiro atoms. The molecule has 0 aliphatic carbocycles. The molecule has 0 aromatic heterocycles. The Morgan fingerprint density at radius 3 is 2.46 bits per heavy atom.